The average Bonchev–Trinajstić information content (AvgIpc) is 3.14. The summed E-state index contributed by atoms with van der Waals surface area (Å²) in [5.74, 6) is 0. The SMILES string of the molecule is C[C@]12C3=CC=CC1=CC=C1C=C4C(=C(C=C3)[C@@]12C)C1CCC4O1. The van der Waals surface area contributed by atoms with E-state index in [-0.39, 0.29) is 10.8 Å². The molecule has 1 heteroatoms. The van der Waals surface area contributed by atoms with Crippen molar-refractivity contribution in [2.75, 3.05) is 0 Å². The van der Waals surface area contributed by atoms with E-state index in [0.29, 0.717) is 12.2 Å². The van der Waals surface area contributed by atoms with Crippen molar-refractivity contribution in [1.82, 2.24) is 0 Å². The van der Waals surface area contributed by atoms with Gasteiger partial charge in [-0.2, -0.15) is 0 Å². The minimum Gasteiger partial charge on any atom is -0.366 e. The summed E-state index contributed by atoms with van der Waals surface area (Å²) in [4.78, 5) is 0. The summed E-state index contributed by atoms with van der Waals surface area (Å²) < 4.78 is 6.26. The first-order chi connectivity index (χ1) is 11.1. The lowest BCUT2D eigenvalue weighted by Crippen LogP contribution is -2.48. The first-order valence-electron chi connectivity index (χ1n) is 8.76. The van der Waals surface area contributed by atoms with Crippen molar-refractivity contribution >= 4 is 0 Å². The Morgan fingerprint density at radius 1 is 0.870 bits per heavy atom. The smallest absolute Gasteiger partial charge is 0.0841 e. The molecule has 4 aliphatic carbocycles. The van der Waals surface area contributed by atoms with E-state index in [2.05, 4.69) is 62.5 Å². The first-order valence-corrected chi connectivity index (χ1v) is 8.76. The van der Waals surface area contributed by atoms with Crippen molar-refractivity contribution in [2.45, 2.75) is 38.9 Å². The van der Waals surface area contributed by atoms with Crippen LogP contribution in [-0.2, 0) is 4.74 Å². The van der Waals surface area contributed by atoms with Crippen molar-refractivity contribution < 1.29 is 4.74 Å². The van der Waals surface area contributed by atoms with Crippen LogP contribution in [0.15, 0.2) is 82.0 Å². The molecule has 0 amide bonds. The Morgan fingerprint density at radius 3 is 2.57 bits per heavy atom. The van der Waals surface area contributed by atoms with Gasteiger partial charge in [-0.25, -0.2) is 0 Å². The molecule has 23 heavy (non-hydrogen) atoms. The second-order valence-corrected chi connectivity index (χ2v) is 7.93. The monoisotopic (exact) mass is 300 g/mol. The number of hydrogen-bond acceptors (Lipinski definition) is 1. The highest BCUT2D eigenvalue weighted by Crippen LogP contribution is 2.67. The predicted octanol–water partition coefficient (Wildman–Crippen LogP) is 4.73. The fourth-order valence-electron chi connectivity index (χ4n) is 5.83. The van der Waals surface area contributed by atoms with Crippen molar-refractivity contribution in [2.24, 2.45) is 10.8 Å². The van der Waals surface area contributed by atoms with Crippen LogP contribution in [0.5, 0.6) is 0 Å². The second-order valence-electron chi connectivity index (χ2n) is 7.93. The zero-order chi connectivity index (χ0) is 15.4. The van der Waals surface area contributed by atoms with Gasteiger partial charge in [-0.05, 0) is 46.3 Å². The van der Waals surface area contributed by atoms with Crippen LogP contribution in [0.4, 0.5) is 0 Å². The molecular weight excluding hydrogens is 280 g/mol. The lowest BCUT2D eigenvalue weighted by Gasteiger charge is -2.57. The Bertz CT molecular complexity index is 885. The van der Waals surface area contributed by atoms with Gasteiger partial charge in [0.15, 0.2) is 0 Å². The maximum Gasteiger partial charge on any atom is 0.0841 e. The molecule has 0 N–H and O–H groups in total. The number of hydrogen-bond donors (Lipinski definition) is 0. The summed E-state index contributed by atoms with van der Waals surface area (Å²) in [5, 5.41) is 0. The van der Waals surface area contributed by atoms with Crippen LogP contribution in [0.25, 0.3) is 0 Å². The summed E-state index contributed by atoms with van der Waals surface area (Å²) in [5.41, 5.74) is 8.86. The maximum absolute atomic E-state index is 6.26. The van der Waals surface area contributed by atoms with Crippen molar-refractivity contribution in [3.05, 3.63) is 82.0 Å². The number of ether oxygens (including phenoxy) is 1. The van der Waals surface area contributed by atoms with Crippen molar-refractivity contribution in [3.63, 3.8) is 0 Å². The van der Waals surface area contributed by atoms with E-state index in [0.717, 1.165) is 0 Å². The van der Waals surface area contributed by atoms with E-state index in [4.69, 9.17) is 4.74 Å². The third-order valence-electron chi connectivity index (χ3n) is 7.29. The molecule has 6 rings (SSSR count). The molecule has 0 aromatic heterocycles. The van der Waals surface area contributed by atoms with Crippen LogP contribution in [-0.4, -0.2) is 12.2 Å². The van der Waals surface area contributed by atoms with E-state index in [9.17, 15) is 0 Å². The molecular formula is C22H20O. The minimum atomic E-state index is 0.0229. The highest BCUT2D eigenvalue weighted by Gasteiger charge is 2.59. The van der Waals surface area contributed by atoms with Gasteiger partial charge in [-0.15, -0.1) is 0 Å². The predicted molar refractivity (Wildman–Crippen MR) is 91.7 cm³/mol. The lowest BCUT2D eigenvalue weighted by atomic mass is 9.45. The van der Waals surface area contributed by atoms with Gasteiger partial charge in [0.25, 0.3) is 0 Å². The molecule has 2 fully saturated rings. The third-order valence-corrected chi connectivity index (χ3v) is 7.29. The molecule has 0 radical (unpaired) electrons. The Hall–Kier alpha value is -1.86. The highest BCUT2D eigenvalue weighted by molar-refractivity contribution is 5.71. The van der Waals surface area contributed by atoms with E-state index < -0.39 is 0 Å². The molecule has 6 aliphatic rings. The van der Waals surface area contributed by atoms with Gasteiger partial charge >= 0.3 is 0 Å². The molecule has 2 aliphatic heterocycles. The van der Waals surface area contributed by atoms with Gasteiger partial charge in [-0.3, -0.25) is 0 Å². The largest absolute Gasteiger partial charge is 0.366 e. The number of rotatable bonds is 0. The molecule has 0 saturated carbocycles. The Balaban J connectivity index is 1.75. The molecule has 2 bridgehead atoms. The summed E-state index contributed by atoms with van der Waals surface area (Å²) in [6.45, 7) is 4.88. The summed E-state index contributed by atoms with van der Waals surface area (Å²) in [6, 6.07) is 0. The van der Waals surface area contributed by atoms with Gasteiger partial charge in [0.05, 0.1) is 12.2 Å². The van der Waals surface area contributed by atoms with E-state index >= 15 is 0 Å². The normalized spacial score (nSPS) is 44.4. The van der Waals surface area contributed by atoms with E-state index in [1.54, 1.807) is 0 Å². The molecule has 114 valence electrons. The van der Waals surface area contributed by atoms with Crippen LogP contribution in [0, 0.1) is 10.8 Å². The molecule has 4 atom stereocenters. The van der Waals surface area contributed by atoms with Crippen LogP contribution in [0.2, 0.25) is 0 Å². The summed E-state index contributed by atoms with van der Waals surface area (Å²) >= 11 is 0. The van der Waals surface area contributed by atoms with Crippen LogP contribution < -0.4 is 0 Å². The van der Waals surface area contributed by atoms with Crippen LogP contribution in [0.3, 0.4) is 0 Å². The van der Waals surface area contributed by atoms with Crippen LogP contribution >= 0.6 is 0 Å². The number of allylic oxidation sites excluding steroid dienone is 12. The molecule has 0 aromatic rings. The highest BCUT2D eigenvalue weighted by atomic mass is 16.5. The fourth-order valence-corrected chi connectivity index (χ4v) is 5.83. The van der Waals surface area contributed by atoms with Gasteiger partial charge in [0, 0.05) is 10.8 Å². The Morgan fingerprint density at radius 2 is 1.65 bits per heavy atom. The standard InChI is InChI=1S/C22H20O/c1-21-13-4-3-5-14(21)8-9-17-20-16(18-10-11-19(20)23-18)12-15(7-6-13)22(17,21)2/h3-9,12,18-19H,10-11H2,1-2H3/t18?,19?,21-,22-/m1/s1. The molecule has 2 heterocycles. The lowest BCUT2D eigenvalue weighted by molar-refractivity contribution is 0.122. The third kappa shape index (κ3) is 1.14. The molecule has 1 nitrogen and oxygen atoms in total. The maximum atomic E-state index is 6.26. The van der Waals surface area contributed by atoms with Gasteiger partial charge in [0.1, 0.15) is 0 Å². The second kappa shape index (κ2) is 3.62. The van der Waals surface area contributed by atoms with Gasteiger partial charge in [0.2, 0.25) is 0 Å². The average molecular weight is 300 g/mol. The Labute approximate surface area is 137 Å². The van der Waals surface area contributed by atoms with Crippen molar-refractivity contribution in [3.8, 4) is 0 Å². The first kappa shape index (κ1) is 12.5. The molecule has 2 unspecified atom stereocenters. The van der Waals surface area contributed by atoms with Crippen molar-refractivity contribution in [1.29, 1.82) is 0 Å². The van der Waals surface area contributed by atoms with E-state index in [1.807, 2.05) is 0 Å². The quantitative estimate of drug-likeness (QED) is 0.628. The van der Waals surface area contributed by atoms with E-state index in [1.165, 1.54) is 46.3 Å². The van der Waals surface area contributed by atoms with Gasteiger partial charge in [-0.1, -0.05) is 62.5 Å². The number of fused-ring (bicyclic) bond motifs is 5. The topological polar surface area (TPSA) is 9.23 Å². The molecule has 2 saturated heterocycles. The summed E-state index contributed by atoms with van der Waals surface area (Å²) in [6.07, 6.45) is 21.7. The molecule has 0 aromatic carbocycles. The van der Waals surface area contributed by atoms with Crippen LogP contribution in [0.1, 0.15) is 26.7 Å². The minimum absolute atomic E-state index is 0.0229. The zero-order valence-electron chi connectivity index (χ0n) is 13.6. The zero-order valence-corrected chi connectivity index (χ0v) is 13.6. The van der Waals surface area contributed by atoms with Gasteiger partial charge < -0.3 is 4.74 Å². The Kier molecular flexibility index (Phi) is 1.98. The fraction of sp³-hybridized carbons (Fsp3) is 0.364. The molecule has 0 spiro atoms. The summed E-state index contributed by atoms with van der Waals surface area (Å²) in [7, 11) is 0.